The molecule has 0 bridgehead atoms. The van der Waals surface area contributed by atoms with Crippen LogP contribution in [0, 0.1) is 0 Å². The van der Waals surface area contributed by atoms with Crippen LogP contribution in [0.25, 0.3) is 0 Å². The van der Waals surface area contributed by atoms with Crippen LogP contribution in [0.1, 0.15) is 5.56 Å². The minimum Gasteiger partial charge on any atom is -0.482 e. The zero-order chi connectivity index (χ0) is 15.2. The van der Waals surface area contributed by atoms with Crippen molar-refractivity contribution in [3.05, 3.63) is 57.5 Å². The maximum atomic E-state index is 11.9. The Labute approximate surface area is 136 Å². The van der Waals surface area contributed by atoms with Crippen molar-refractivity contribution in [2.45, 2.75) is 6.54 Å². The highest BCUT2D eigenvalue weighted by Crippen LogP contribution is 2.28. The normalized spacial score (nSPS) is 10.2. The quantitative estimate of drug-likeness (QED) is 0.846. The summed E-state index contributed by atoms with van der Waals surface area (Å²) in [5, 5.41) is 3.18. The minimum atomic E-state index is -0.264. The van der Waals surface area contributed by atoms with E-state index in [0.717, 1.165) is 10.0 Å². The van der Waals surface area contributed by atoms with Gasteiger partial charge in [-0.05, 0) is 30.3 Å². The molecule has 1 amide bonds. The fourth-order valence-corrected chi connectivity index (χ4v) is 2.26. The Morgan fingerprint density at radius 2 is 1.95 bits per heavy atom. The molecule has 0 spiro atoms. The molecule has 0 aliphatic heterocycles. The summed E-state index contributed by atoms with van der Waals surface area (Å²) in [5.74, 6) is 0.188. The highest BCUT2D eigenvalue weighted by Gasteiger charge is 2.10. The topological polar surface area (TPSA) is 64.3 Å². The summed E-state index contributed by atoms with van der Waals surface area (Å²) >= 11 is 9.38. The second-order valence-corrected chi connectivity index (χ2v) is 5.60. The van der Waals surface area contributed by atoms with E-state index < -0.39 is 0 Å². The Balaban J connectivity index is 1.97. The Bertz CT molecular complexity index is 632. The van der Waals surface area contributed by atoms with Crippen LogP contribution in [0.15, 0.2) is 46.9 Å². The lowest BCUT2D eigenvalue weighted by molar-refractivity contribution is -0.118. The van der Waals surface area contributed by atoms with Crippen LogP contribution in [-0.2, 0) is 11.3 Å². The molecule has 0 fully saturated rings. The molecule has 0 saturated carbocycles. The van der Waals surface area contributed by atoms with Gasteiger partial charge in [0.15, 0.2) is 6.61 Å². The first-order valence-corrected chi connectivity index (χ1v) is 7.43. The van der Waals surface area contributed by atoms with E-state index in [-0.39, 0.29) is 12.5 Å². The third-order valence-electron chi connectivity index (χ3n) is 2.74. The first kappa shape index (κ1) is 15.8. The molecule has 110 valence electrons. The molecule has 0 aromatic heterocycles. The number of para-hydroxylation sites is 1. The van der Waals surface area contributed by atoms with Gasteiger partial charge in [0.1, 0.15) is 5.75 Å². The van der Waals surface area contributed by atoms with E-state index >= 15 is 0 Å². The van der Waals surface area contributed by atoms with Gasteiger partial charge >= 0.3 is 0 Å². The molecular weight excluding hydrogens is 356 g/mol. The number of nitrogens with one attached hydrogen (secondary N) is 1. The third-order valence-corrected chi connectivity index (χ3v) is 3.57. The number of hydrogen-bond acceptors (Lipinski definition) is 3. The molecule has 2 rings (SSSR count). The molecular formula is C15H14BrClN2O2. The number of carbonyl (C=O) groups is 1. The monoisotopic (exact) mass is 368 g/mol. The van der Waals surface area contributed by atoms with Gasteiger partial charge in [-0.2, -0.15) is 0 Å². The number of benzene rings is 2. The molecule has 0 aliphatic carbocycles. The zero-order valence-electron chi connectivity index (χ0n) is 11.1. The summed E-state index contributed by atoms with van der Waals surface area (Å²) in [6.07, 6.45) is 0. The van der Waals surface area contributed by atoms with Crippen LogP contribution >= 0.6 is 27.5 Å². The van der Waals surface area contributed by atoms with Gasteiger partial charge in [0.25, 0.3) is 5.91 Å². The maximum Gasteiger partial charge on any atom is 0.262 e. The molecule has 0 aliphatic rings. The van der Waals surface area contributed by atoms with Crippen LogP contribution in [0.3, 0.4) is 0 Å². The number of ether oxygens (including phenoxy) is 1. The van der Waals surface area contributed by atoms with Gasteiger partial charge in [-0.1, -0.05) is 39.7 Å². The van der Waals surface area contributed by atoms with Crippen LogP contribution < -0.4 is 15.8 Å². The highest BCUT2D eigenvalue weighted by molar-refractivity contribution is 9.10. The Morgan fingerprint density at radius 1 is 1.24 bits per heavy atom. The van der Waals surface area contributed by atoms with E-state index in [4.69, 9.17) is 22.1 Å². The molecule has 21 heavy (non-hydrogen) atoms. The Morgan fingerprint density at radius 3 is 2.62 bits per heavy atom. The molecule has 0 saturated heterocycles. The van der Waals surface area contributed by atoms with Crippen molar-refractivity contribution < 1.29 is 9.53 Å². The molecule has 0 unspecified atom stereocenters. The van der Waals surface area contributed by atoms with E-state index in [1.807, 2.05) is 18.2 Å². The Hall–Kier alpha value is -1.56. The predicted molar refractivity (Wildman–Crippen MR) is 87.6 cm³/mol. The lowest BCUT2D eigenvalue weighted by Gasteiger charge is -2.12. The van der Waals surface area contributed by atoms with Crippen LogP contribution in [0.4, 0.5) is 5.69 Å². The van der Waals surface area contributed by atoms with Crippen molar-refractivity contribution >= 4 is 39.1 Å². The van der Waals surface area contributed by atoms with Crippen molar-refractivity contribution in [3.63, 3.8) is 0 Å². The van der Waals surface area contributed by atoms with Gasteiger partial charge < -0.3 is 15.8 Å². The van der Waals surface area contributed by atoms with Crippen LogP contribution in [0.5, 0.6) is 5.75 Å². The maximum absolute atomic E-state index is 11.9. The highest BCUT2D eigenvalue weighted by atomic mass is 79.9. The molecule has 0 atom stereocenters. The number of amides is 1. The molecule has 3 N–H and O–H groups in total. The number of hydrogen-bond donors (Lipinski definition) is 2. The third kappa shape index (κ3) is 4.46. The Kier molecular flexibility index (Phi) is 5.61. The number of nitrogens with two attached hydrogens (primary N) is 1. The summed E-state index contributed by atoms with van der Waals surface area (Å²) in [6, 6.07) is 12.6. The largest absolute Gasteiger partial charge is 0.482 e. The molecule has 0 radical (unpaired) electrons. The number of rotatable bonds is 5. The minimum absolute atomic E-state index is 0.132. The lowest BCUT2D eigenvalue weighted by Crippen LogP contribution is -2.20. The van der Waals surface area contributed by atoms with Gasteiger partial charge in [0.2, 0.25) is 0 Å². The number of carbonyl (C=O) groups excluding carboxylic acids is 1. The zero-order valence-corrected chi connectivity index (χ0v) is 13.4. The van der Waals surface area contributed by atoms with E-state index in [0.29, 0.717) is 23.0 Å². The standard InChI is InChI=1S/C15H14BrClN2O2/c16-11-4-6-12(7-5-11)19-14(20)9-21-15-10(8-18)2-1-3-13(15)17/h1-7H,8-9,18H2,(H,19,20). The van der Waals surface area contributed by atoms with E-state index in [1.165, 1.54) is 0 Å². The summed E-state index contributed by atoms with van der Waals surface area (Å²) in [6.45, 7) is 0.164. The number of anilines is 1. The first-order valence-electron chi connectivity index (χ1n) is 6.26. The van der Waals surface area contributed by atoms with Crippen molar-refractivity contribution in [2.24, 2.45) is 5.73 Å². The van der Waals surface area contributed by atoms with Gasteiger partial charge in [0.05, 0.1) is 5.02 Å². The average molecular weight is 370 g/mol. The summed E-state index contributed by atoms with van der Waals surface area (Å²) in [5.41, 5.74) is 7.08. The average Bonchev–Trinajstić information content (AvgIpc) is 2.48. The fraction of sp³-hybridized carbons (Fsp3) is 0.133. The van der Waals surface area contributed by atoms with Gasteiger partial charge in [-0.25, -0.2) is 0 Å². The van der Waals surface area contributed by atoms with Crippen LogP contribution in [0.2, 0.25) is 5.02 Å². The van der Waals surface area contributed by atoms with E-state index in [9.17, 15) is 4.79 Å². The van der Waals surface area contributed by atoms with E-state index in [1.54, 1.807) is 24.3 Å². The van der Waals surface area contributed by atoms with Crippen molar-refractivity contribution in [1.29, 1.82) is 0 Å². The number of halogens is 2. The first-order chi connectivity index (χ1) is 10.1. The van der Waals surface area contributed by atoms with Crippen molar-refractivity contribution in [3.8, 4) is 5.75 Å². The van der Waals surface area contributed by atoms with Gasteiger partial charge in [-0.3, -0.25) is 4.79 Å². The molecule has 0 heterocycles. The molecule has 6 heteroatoms. The SMILES string of the molecule is NCc1cccc(Cl)c1OCC(=O)Nc1ccc(Br)cc1. The fourth-order valence-electron chi connectivity index (χ4n) is 1.74. The van der Waals surface area contributed by atoms with Crippen LogP contribution in [-0.4, -0.2) is 12.5 Å². The second-order valence-electron chi connectivity index (χ2n) is 4.28. The van der Waals surface area contributed by atoms with E-state index in [2.05, 4.69) is 21.2 Å². The predicted octanol–water partition coefficient (Wildman–Crippen LogP) is 3.58. The molecule has 4 nitrogen and oxygen atoms in total. The molecule has 2 aromatic rings. The summed E-state index contributed by atoms with van der Waals surface area (Å²) in [4.78, 5) is 11.9. The van der Waals surface area contributed by atoms with Gasteiger partial charge in [-0.15, -0.1) is 0 Å². The van der Waals surface area contributed by atoms with Gasteiger partial charge in [0, 0.05) is 22.3 Å². The lowest BCUT2D eigenvalue weighted by atomic mass is 10.2. The smallest absolute Gasteiger partial charge is 0.262 e. The van der Waals surface area contributed by atoms with Crippen molar-refractivity contribution in [1.82, 2.24) is 0 Å². The van der Waals surface area contributed by atoms with Crippen molar-refractivity contribution in [2.75, 3.05) is 11.9 Å². The summed E-state index contributed by atoms with van der Waals surface area (Å²) in [7, 11) is 0. The molecule has 2 aromatic carbocycles. The second kappa shape index (κ2) is 7.45. The summed E-state index contributed by atoms with van der Waals surface area (Å²) < 4.78 is 6.43.